The Balaban J connectivity index is 3.06. The average molecular weight is 176 g/mol. The highest BCUT2D eigenvalue weighted by Gasteiger charge is 2.05. The van der Waals surface area contributed by atoms with E-state index in [0.717, 1.165) is 0 Å². The average Bonchev–Trinajstić information content (AvgIpc) is 2.15. The molecule has 0 fully saturated rings. The van der Waals surface area contributed by atoms with Gasteiger partial charge in [0.25, 0.3) is 5.56 Å². The van der Waals surface area contributed by atoms with Crippen LogP contribution in [0.5, 0.6) is 5.75 Å². The molecule has 2 rings (SSSR count). The topological polar surface area (TPSA) is 55.1 Å². The molecular formula is C9H8N2O2. The zero-order chi connectivity index (χ0) is 9.42. The maximum Gasteiger partial charge on any atom is 0.260 e. The number of hydrogen-bond acceptors (Lipinski definition) is 3. The van der Waals surface area contributed by atoms with Crippen molar-refractivity contribution in [1.82, 2.24) is 9.55 Å². The molecule has 0 aromatic carbocycles. The first-order valence-corrected chi connectivity index (χ1v) is 3.83. The van der Waals surface area contributed by atoms with Crippen LogP contribution in [0.3, 0.4) is 0 Å². The van der Waals surface area contributed by atoms with E-state index in [-0.39, 0.29) is 11.3 Å². The van der Waals surface area contributed by atoms with Gasteiger partial charge in [0.05, 0.1) is 11.6 Å². The van der Waals surface area contributed by atoms with Crippen molar-refractivity contribution >= 4 is 10.9 Å². The quantitative estimate of drug-likeness (QED) is 0.640. The summed E-state index contributed by atoms with van der Waals surface area (Å²) in [7, 11) is 1.59. The Morgan fingerprint density at radius 2 is 2.31 bits per heavy atom. The van der Waals surface area contributed by atoms with Crippen LogP contribution in [0.2, 0.25) is 0 Å². The van der Waals surface area contributed by atoms with E-state index in [1.165, 1.54) is 10.8 Å². The van der Waals surface area contributed by atoms with Crippen LogP contribution in [-0.4, -0.2) is 14.7 Å². The van der Waals surface area contributed by atoms with Crippen LogP contribution in [0.4, 0.5) is 0 Å². The smallest absolute Gasteiger partial charge is 0.260 e. The summed E-state index contributed by atoms with van der Waals surface area (Å²) in [5, 5.41) is 9.89. The summed E-state index contributed by atoms with van der Waals surface area (Å²) in [5.74, 6) is 0.0256. The second-order valence-electron chi connectivity index (χ2n) is 2.83. The molecular weight excluding hydrogens is 168 g/mol. The number of aromatic nitrogens is 2. The summed E-state index contributed by atoms with van der Waals surface area (Å²) in [6.45, 7) is 0. The third-order valence-electron chi connectivity index (χ3n) is 1.92. The van der Waals surface area contributed by atoms with Crippen LogP contribution < -0.4 is 5.56 Å². The van der Waals surface area contributed by atoms with Gasteiger partial charge in [0, 0.05) is 13.2 Å². The number of fused-ring (bicyclic) bond motifs is 1. The Morgan fingerprint density at radius 1 is 1.54 bits per heavy atom. The third-order valence-corrected chi connectivity index (χ3v) is 1.92. The summed E-state index contributed by atoms with van der Waals surface area (Å²) in [6, 6.07) is 3.31. The highest BCUT2D eigenvalue weighted by Crippen LogP contribution is 2.17. The van der Waals surface area contributed by atoms with E-state index in [9.17, 15) is 9.90 Å². The van der Waals surface area contributed by atoms with Crippen molar-refractivity contribution in [3.8, 4) is 5.75 Å². The number of hydrogen-bond donors (Lipinski definition) is 1. The lowest BCUT2D eigenvalue weighted by atomic mass is 10.2. The van der Waals surface area contributed by atoms with Crippen molar-refractivity contribution in [2.45, 2.75) is 0 Å². The summed E-state index contributed by atoms with van der Waals surface area (Å²) in [4.78, 5) is 15.4. The van der Waals surface area contributed by atoms with Crippen molar-refractivity contribution in [2.24, 2.45) is 7.05 Å². The first-order chi connectivity index (χ1) is 6.20. The zero-order valence-corrected chi connectivity index (χ0v) is 7.06. The number of nitrogens with zero attached hydrogens (tertiary/aromatic N) is 2. The normalized spacial score (nSPS) is 10.5. The maximum absolute atomic E-state index is 11.5. The molecule has 0 spiro atoms. The Bertz CT molecular complexity index is 516. The lowest BCUT2D eigenvalue weighted by molar-refractivity contribution is 0.473. The van der Waals surface area contributed by atoms with Gasteiger partial charge >= 0.3 is 0 Å². The van der Waals surface area contributed by atoms with E-state index in [0.29, 0.717) is 10.9 Å². The van der Waals surface area contributed by atoms with E-state index in [1.807, 2.05) is 0 Å². The van der Waals surface area contributed by atoms with Gasteiger partial charge in [0.1, 0.15) is 5.52 Å². The van der Waals surface area contributed by atoms with Crippen LogP contribution in [0, 0.1) is 0 Å². The predicted octanol–water partition coefficient (Wildman–Crippen LogP) is 0.639. The van der Waals surface area contributed by atoms with E-state index in [1.54, 1.807) is 25.4 Å². The fraction of sp³-hybridized carbons (Fsp3) is 0.111. The molecule has 0 unspecified atom stereocenters. The molecule has 4 heteroatoms. The lowest BCUT2D eigenvalue weighted by Crippen LogP contribution is -2.15. The van der Waals surface area contributed by atoms with Gasteiger partial charge in [0.15, 0.2) is 5.75 Å². The molecule has 2 aromatic rings. The molecule has 13 heavy (non-hydrogen) atoms. The fourth-order valence-corrected chi connectivity index (χ4v) is 1.28. The molecule has 0 aliphatic heterocycles. The van der Waals surface area contributed by atoms with Crippen molar-refractivity contribution in [1.29, 1.82) is 0 Å². The molecule has 1 N–H and O–H groups in total. The Kier molecular flexibility index (Phi) is 1.55. The molecule has 2 heterocycles. The Morgan fingerprint density at radius 3 is 3.08 bits per heavy atom. The molecule has 66 valence electrons. The maximum atomic E-state index is 11.5. The lowest BCUT2D eigenvalue weighted by Gasteiger charge is -2.01. The van der Waals surface area contributed by atoms with E-state index >= 15 is 0 Å². The molecule has 4 nitrogen and oxygen atoms in total. The van der Waals surface area contributed by atoms with Crippen molar-refractivity contribution in [3.05, 3.63) is 34.9 Å². The van der Waals surface area contributed by atoms with Crippen LogP contribution in [0.25, 0.3) is 10.9 Å². The molecule has 0 aliphatic rings. The van der Waals surface area contributed by atoms with Crippen LogP contribution >= 0.6 is 0 Å². The van der Waals surface area contributed by atoms with Crippen LogP contribution in [0.15, 0.2) is 29.3 Å². The predicted molar refractivity (Wildman–Crippen MR) is 48.6 cm³/mol. The van der Waals surface area contributed by atoms with Gasteiger partial charge in [-0.25, -0.2) is 0 Å². The summed E-state index contributed by atoms with van der Waals surface area (Å²) >= 11 is 0. The second kappa shape index (κ2) is 2.58. The molecule has 0 bridgehead atoms. The highest BCUT2D eigenvalue weighted by molar-refractivity contribution is 5.82. The molecule has 2 aromatic heterocycles. The van der Waals surface area contributed by atoms with Crippen molar-refractivity contribution in [2.75, 3.05) is 0 Å². The Labute approximate surface area is 74.1 Å². The number of aryl methyl sites for hydroxylation is 1. The minimum absolute atomic E-state index is 0.0256. The first kappa shape index (κ1) is 7.79. The first-order valence-electron chi connectivity index (χ1n) is 3.83. The summed E-state index contributed by atoms with van der Waals surface area (Å²) in [5.41, 5.74) is 0.200. The molecule has 0 amide bonds. The largest absolute Gasteiger partial charge is 0.504 e. The number of aromatic hydroxyl groups is 1. The zero-order valence-electron chi connectivity index (χ0n) is 7.06. The van der Waals surface area contributed by atoms with Crippen molar-refractivity contribution in [3.63, 3.8) is 0 Å². The van der Waals surface area contributed by atoms with Gasteiger partial charge in [-0.15, -0.1) is 0 Å². The van der Waals surface area contributed by atoms with Gasteiger partial charge in [-0.2, -0.15) is 0 Å². The standard InChI is InChI=1S/C9H8N2O2/c1-11-5-7(12)8-6(9(11)13)3-2-4-10-8/h2-5,12H,1H3. The van der Waals surface area contributed by atoms with Gasteiger partial charge in [0.2, 0.25) is 0 Å². The van der Waals surface area contributed by atoms with Crippen molar-refractivity contribution < 1.29 is 5.11 Å². The SMILES string of the molecule is Cn1cc(O)c2ncccc2c1=O. The van der Waals surface area contributed by atoms with E-state index in [4.69, 9.17) is 0 Å². The van der Waals surface area contributed by atoms with Crippen LogP contribution in [-0.2, 0) is 7.05 Å². The number of pyridine rings is 2. The van der Waals surface area contributed by atoms with Gasteiger partial charge in [-0.1, -0.05) is 0 Å². The monoisotopic (exact) mass is 176 g/mol. The molecule has 0 aliphatic carbocycles. The van der Waals surface area contributed by atoms with E-state index in [2.05, 4.69) is 4.98 Å². The Hall–Kier alpha value is -1.84. The molecule has 0 radical (unpaired) electrons. The fourth-order valence-electron chi connectivity index (χ4n) is 1.28. The van der Waals surface area contributed by atoms with Gasteiger partial charge in [-0.05, 0) is 12.1 Å². The minimum Gasteiger partial charge on any atom is -0.504 e. The molecule has 0 saturated carbocycles. The summed E-state index contributed by atoms with van der Waals surface area (Å²) < 4.78 is 1.33. The number of rotatable bonds is 0. The molecule has 0 saturated heterocycles. The second-order valence-corrected chi connectivity index (χ2v) is 2.83. The van der Waals surface area contributed by atoms with E-state index < -0.39 is 0 Å². The highest BCUT2D eigenvalue weighted by atomic mass is 16.3. The third kappa shape index (κ3) is 1.07. The summed E-state index contributed by atoms with van der Waals surface area (Å²) in [6.07, 6.45) is 2.90. The van der Waals surface area contributed by atoms with Gasteiger partial charge in [-0.3, -0.25) is 9.78 Å². The minimum atomic E-state index is -0.152. The van der Waals surface area contributed by atoms with Gasteiger partial charge < -0.3 is 9.67 Å². The van der Waals surface area contributed by atoms with Crippen LogP contribution in [0.1, 0.15) is 0 Å². The molecule has 0 atom stereocenters.